The van der Waals surface area contributed by atoms with E-state index in [9.17, 15) is 17.6 Å². The Balaban J connectivity index is 1.48. The van der Waals surface area contributed by atoms with Gasteiger partial charge < -0.3 is 4.74 Å². The molecule has 1 saturated carbocycles. The molecule has 1 fully saturated rings. The first-order valence-corrected chi connectivity index (χ1v) is 13.6. The zero-order valence-corrected chi connectivity index (χ0v) is 21.4. The van der Waals surface area contributed by atoms with E-state index in [4.69, 9.17) is 4.74 Å². The zero-order chi connectivity index (χ0) is 26.7. The minimum atomic E-state index is -4.46. The van der Waals surface area contributed by atoms with Gasteiger partial charge in [-0.15, -0.1) is 0 Å². The highest BCUT2D eigenvalue weighted by Crippen LogP contribution is 2.39. The van der Waals surface area contributed by atoms with Gasteiger partial charge in [-0.25, -0.2) is 8.78 Å². The van der Waals surface area contributed by atoms with Crippen molar-refractivity contribution in [2.24, 2.45) is 5.92 Å². The summed E-state index contributed by atoms with van der Waals surface area (Å²) in [6, 6.07) is 2.83. The minimum absolute atomic E-state index is 0.0198. The van der Waals surface area contributed by atoms with Crippen molar-refractivity contribution in [1.29, 1.82) is 0 Å². The predicted molar refractivity (Wildman–Crippen MR) is 136 cm³/mol. The lowest BCUT2D eigenvalue weighted by Crippen LogP contribution is -2.16. The van der Waals surface area contributed by atoms with Crippen LogP contribution in [-0.2, 0) is 4.74 Å². The summed E-state index contributed by atoms with van der Waals surface area (Å²) in [5.41, 5.74) is 0.800. The Hall–Kier alpha value is -2.18. The number of alkyl halides is 4. The fourth-order valence-corrected chi connectivity index (χ4v) is 5.37. The molecule has 37 heavy (non-hydrogen) atoms. The van der Waals surface area contributed by atoms with E-state index in [1.807, 2.05) is 0 Å². The Kier molecular flexibility index (Phi) is 11.7. The number of ether oxygens (including phenoxy) is 1. The van der Waals surface area contributed by atoms with E-state index in [0.717, 1.165) is 38.5 Å². The van der Waals surface area contributed by atoms with Crippen molar-refractivity contribution >= 4 is 5.57 Å². The molecule has 1 aromatic carbocycles. The number of halogens is 6. The molecule has 0 heterocycles. The molecule has 2 aliphatic rings. The van der Waals surface area contributed by atoms with Gasteiger partial charge in [0.05, 0.1) is 12.2 Å². The Bertz CT molecular complexity index is 915. The fraction of sp³-hybridized carbons (Fsp3) is 0.600. The molecule has 3 rings (SSSR count). The predicted octanol–water partition coefficient (Wildman–Crippen LogP) is 10.1. The third-order valence-electron chi connectivity index (χ3n) is 7.40. The van der Waals surface area contributed by atoms with Crippen LogP contribution in [0.5, 0.6) is 0 Å². The molecule has 1 aromatic rings. The highest BCUT2D eigenvalue weighted by atomic mass is 19.4. The molecule has 7 heteroatoms. The summed E-state index contributed by atoms with van der Waals surface area (Å²) in [6.45, 7) is -1.63. The van der Waals surface area contributed by atoms with Gasteiger partial charge in [-0.2, -0.15) is 13.2 Å². The molecule has 0 spiro atoms. The lowest BCUT2D eigenvalue weighted by molar-refractivity contribution is -0.163. The van der Waals surface area contributed by atoms with Crippen molar-refractivity contribution < 1.29 is 31.1 Å². The SMILES string of the molecule is FCCCCCCCCCC1CCC(c2cc(F)c(C3=CCC=C(OCC(F)(F)F)C=C3)c(F)c2)CC1. The average Bonchev–Trinajstić information content (AvgIpc) is 3.09. The van der Waals surface area contributed by atoms with Crippen LogP contribution in [-0.4, -0.2) is 19.5 Å². The molecule has 206 valence electrons. The second-order valence-electron chi connectivity index (χ2n) is 10.3. The quantitative estimate of drug-likeness (QED) is 0.183. The van der Waals surface area contributed by atoms with E-state index in [-0.39, 0.29) is 35.9 Å². The van der Waals surface area contributed by atoms with E-state index in [1.54, 1.807) is 6.08 Å². The highest BCUT2D eigenvalue weighted by Gasteiger charge is 2.29. The molecule has 0 aromatic heterocycles. The third-order valence-corrected chi connectivity index (χ3v) is 7.40. The molecule has 0 radical (unpaired) electrons. The molecular weight excluding hydrogens is 490 g/mol. The summed E-state index contributed by atoms with van der Waals surface area (Å²) in [7, 11) is 0. The number of allylic oxidation sites excluding steroid dienone is 5. The maximum atomic E-state index is 15.1. The maximum absolute atomic E-state index is 15.1. The van der Waals surface area contributed by atoms with Gasteiger partial charge in [0.15, 0.2) is 6.61 Å². The first kappa shape index (κ1) is 29.4. The van der Waals surface area contributed by atoms with Gasteiger partial charge in [-0.3, -0.25) is 4.39 Å². The zero-order valence-electron chi connectivity index (χ0n) is 21.4. The topological polar surface area (TPSA) is 9.23 Å². The minimum Gasteiger partial charge on any atom is -0.484 e. The Morgan fingerprint density at radius 3 is 2.03 bits per heavy atom. The number of benzene rings is 1. The van der Waals surface area contributed by atoms with E-state index in [2.05, 4.69) is 0 Å². The number of hydrogen-bond acceptors (Lipinski definition) is 1. The van der Waals surface area contributed by atoms with Gasteiger partial charge in [0.2, 0.25) is 0 Å². The van der Waals surface area contributed by atoms with E-state index >= 15 is 8.78 Å². The van der Waals surface area contributed by atoms with Crippen LogP contribution in [0, 0.1) is 17.6 Å². The molecule has 0 atom stereocenters. The molecule has 2 aliphatic carbocycles. The van der Waals surface area contributed by atoms with E-state index in [0.29, 0.717) is 17.9 Å². The lowest BCUT2D eigenvalue weighted by atomic mass is 9.76. The summed E-state index contributed by atoms with van der Waals surface area (Å²) in [6.07, 6.45) is 14.2. The van der Waals surface area contributed by atoms with Crippen LogP contribution >= 0.6 is 0 Å². The summed E-state index contributed by atoms with van der Waals surface area (Å²) < 4.78 is 84.2. The standard InChI is InChI=1S/C30H38F6O/c31-18-7-5-3-1-2-4-6-9-22-12-14-23(15-13-22)25-19-27(32)29(28(33)20-25)24-10-8-11-26(17-16-24)37-21-30(34,35)36/h10-11,16-17,19-20,22-23H,1-9,12-15,18,21H2. The van der Waals surface area contributed by atoms with Gasteiger partial charge in [0.1, 0.15) is 17.4 Å². The fourth-order valence-electron chi connectivity index (χ4n) is 5.37. The van der Waals surface area contributed by atoms with Gasteiger partial charge in [0, 0.05) is 0 Å². The molecule has 1 nitrogen and oxygen atoms in total. The van der Waals surface area contributed by atoms with Crippen LogP contribution in [0.2, 0.25) is 0 Å². The second-order valence-corrected chi connectivity index (χ2v) is 10.3. The molecule has 0 N–H and O–H groups in total. The van der Waals surface area contributed by atoms with E-state index in [1.165, 1.54) is 62.5 Å². The summed E-state index contributed by atoms with van der Waals surface area (Å²) >= 11 is 0. The van der Waals surface area contributed by atoms with Crippen LogP contribution in [0.4, 0.5) is 26.3 Å². The molecule has 0 bridgehead atoms. The number of unbranched alkanes of at least 4 members (excludes halogenated alkanes) is 6. The second kappa shape index (κ2) is 14.7. The van der Waals surface area contributed by atoms with Crippen molar-refractivity contribution in [3.8, 4) is 0 Å². The van der Waals surface area contributed by atoms with Crippen molar-refractivity contribution in [2.75, 3.05) is 13.3 Å². The molecule has 0 amide bonds. The molecule has 0 aliphatic heterocycles. The van der Waals surface area contributed by atoms with E-state index < -0.39 is 24.4 Å². The highest BCUT2D eigenvalue weighted by molar-refractivity contribution is 5.76. The summed E-state index contributed by atoms with van der Waals surface area (Å²) in [4.78, 5) is 0. The Labute approximate surface area is 216 Å². The van der Waals surface area contributed by atoms with Crippen LogP contribution in [0.3, 0.4) is 0 Å². The number of hydrogen-bond donors (Lipinski definition) is 0. The number of rotatable bonds is 13. The summed E-state index contributed by atoms with van der Waals surface area (Å²) in [5.74, 6) is -0.489. The first-order chi connectivity index (χ1) is 17.8. The average molecular weight is 529 g/mol. The normalized spacial score (nSPS) is 20.4. The Morgan fingerprint density at radius 1 is 0.784 bits per heavy atom. The van der Waals surface area contributed by atoms with Gasteiger partial charge in [-0.05, 0) is 85.8 Å². The van der Waals surface area contributed by atoms with Crippen LogP contribution in [0.15, 0.2) is 42.2 Å². The first-order valence-electron chi connectivity index (χ1n) is 13.6. The Morgan fingerprint density at radius 2 is 1.41 bits per heavy atom. The van der Waals surface area contributed by atoms with Gasteiger partial charge >= 0.3 is 6.18 Å². The van der Waals surface area contributed by atoms with Crippen LogP contribution in [0.25, 0.3) is 5.57 Å². The van der Waals surface area contributed by atoms with Gasteiger partial charge in [-0.1, -0.05) is 57.1 Å². The molecule has 0 unspecified atom stereocenters. The van der Waals surface area contributed by atoms with Crippen molar-refractivity contribution in [3.63, 3.8) is 0 Å². The third kappa shape index (κ3) is 9.90. The summed E-state index contributed by atoms with van der Waals surface area (Å²) in [5, 5.41) is 0. The van der Waals surface area contributed by atoms with Gasteiger partial charge in [0.25, 0.3) is 0 Å². The van der Waals surface area contributed by atoms with Crippen LogP contribution in [0.1, 0.15) is 101 Å². The smallest absolute Gasteiger partial charge is 0.422 e. The van der Waals surface area contributed by atoms with Crippen molar-refractivity contribution in [2.45, 2.75) is 95.6 Å². The largest absolute Gasteiger partial charge is 0.484 e. The molecule has 0 saturated heterocycles. The lowest BCUT2D eigenvalue weighted by Gasteiger charge is -2.29. The molecular formula is C30H38F6O. The van der Waals surface area contributed by atoms with Crippen molar-refractivity contribution in [1.82, 2.24) is 0 Å². The maximum Gasteiger partial charge on any atom is 0.422 e. The van der Waals surface area contributed by atoms with Crippen LogP contribution < -0.4 is 0 Å². The van der Waals surface area contributed by atoms with Crippen molar-refractivity contribution in [3.05, 3.63) is 65.0 Å². The monoisotopic (exact) mass is 528 g/mol.